The van der Waals surface area contributed by atoms with Gasteiger partial charge in [0.15, 0.2) is 24.8 Å². The standard InChI is InChI=1S/C84H154N2O37P2/c1-5-9-13-17-21-25-29-33-37-41-55(89)45-65(96)85-69-77(117-67(98)47-57(91)43-39-35-31-27-23-19-15-11-7-3)73(102)63(115-80(69)123-125(110,111)112)53-113-79-70(86-66(97)46-56(90)42-38-34-30-26-22-18-14-10-6-2)78(118-68(99)48-58(92)44-40-36-32-28-24-20-16-12-8-4)76(122-124(107,108)109)64(116-79)54-114-83(81(103)104)50-62(72(101)75(120-83)61(95)52-88)119-84(82(105)106)49-59(93)71(100)74(121-84)60(94)51-87/h55-64,69-80,87-95,100-102H,5-54H2,1-4H3,(H,85,96)(H,86,97)(H,103,104)(H,105,106)(H2,107,108,109)(H2,110,111,112). The fourth-order valence-corrected chi connectivity index (χ4v) is 17.3. The molecule has 0 aromatic carbocycles. The van der Waals surface area contributed by atoms with Gasteiger partial charge in [-0.15, -0.1) is 0 Å². The van der Waals surface area contributed by atoms with Gasteiger partial charge in [0.25, 0.3) is 11.6 Å². The normalized spacial score (nSPS) is 28.3. The lowest BCUT2D eigenvalue weighted by molar-refractivity contribution is -0.378. The molecule has 2 amide bonds. The summed E-state index contributed by atoms with van der Waals surface area (Å²) in [5.41, 5.74) is 0. The average Bonchev–Trinajstić information content (AvgIpc) is 0.749. The number of unbranched alkanes of at least 4 members (excludes halogenated alkanes) is 32. The highest BCUT2D eigenvalue weighted by Gasteiger charge is 2.63. The second-order valence-corrected chi connectivity index (χ2v) is 36.7. The van der Waals surface area contributed by atoms with Crippen molar-refractivity contribution in [3.8, 4) is 0 Å². The first-order valence-electron chi connectivity index (χ1n) is 46.0. The Hall–Kier alpha value is -3.72. The first-order chi connectivity index (χ1) is 59.4. The van der Waals surface area contributed by atoms with Crippen molar-refractivity contribution >= 4 is 51.3 Å². The molecule has 4 rings (SSSR count). The zero-order valence-electron chi connectivity index (χ0n) is 73.8. The van der Waals surface area contributed by atoms with E-state index in [1.165, 1.54) is 0 Å². The van der Waals surface area contributed by atoms with Crippen LogP contribution in [0.25, 0.3) is 0 Å². The van der Waals surface area contributed by atoms with Crippen LogP contribution in [-0.4, -0.2) is 299 Å². The summed E-state index contributed by atoms with van der Waals surface area (Å²) in [6.45, 7) is 3.02. The number of aliphatic hydroxyl groups excluding tert-OH is 12. The molecule has 0 aromatic rings. The molecule has 24 atom stereocenters. The summed E-state index contributed by atoms with van der Waals surface area (Å²) in [4.78, 5) is 128. The molecule has 0 spiro atoms. The van der Waals surface area contributed by atoms with Crippen molar-refractivity contribution in [1.82, 2.24) is 10.6 Å². The number of esters is 2. The molecule has 0 radical (unpaired) electrons. The fourth-order valence-electron chi connectivity index (χ4n) is 16.2. The predicted molar refractivity (Wildman–Crippen MR) is 448 cm³/mol. The Balaban J connectivity index is 1.93. The number of hydrogen-bond acceptors (Lipinski definition) is 31. The van der Waals surface area contributed by atoms with Gasteiger partial charge in [-0.05, 0) is 25.7 Å². The number of nitrogens with one attached hydrogen (secondary N) is 2. The van der Waals surface area contributed by atoms with Crippen LogP contribution in [0.5, 0.6) is 0 Å². The zero-order valence-corrected chi connectivity index (χ0v) is 75.5. The summed E-state index contributed by atoms with van der Waals surface area (Å²) in [5.74, 6) is -16.0. The van der Waals surface area contributed by atoms with Gasteiger partial charge in [0.05, 0.1) is 88.7 Å². The summed E-state index contributed by atoms with van der Waals surface area (Å²) in [6.07, 6.45) is -15.9. The molecule has 39 nitrogen and oxygen atoms in total. The van der Waals surface area contributed by atoms with Crippen molar-refractivity contribution in [1.29, 1.82) is 0 Å². The number of carboxylic acids is 2. The van der Waals surface area contributed by atoms with Crippen molar-refractivity contribution in [2.75, 3.05) is 26.4 Å². The fraction of sp³-hybridized carbons (Fsp3) is 0.929. The molecule has 41 heteroatoms. The summed E-state index contributed by atoms with van der Waals surface area (Å²) >= 11 is 0. The number of aliphatic carboxylic acids is 2. The van der Waals surface area contributed by atoms with Gasteiger partial charge in [-0.25, -0.2) is 18.7 Å². The Morgan fingerprint density at radius 2 is 0.752 bits per heavy atom. The lowest BCUT2D eigenvalue weighted by atomic mass is 9.90. The van der Waals surface area contributed by atoms with Crippen molar-refractivity contribution in [3.05, 3.63) is 0 Å². The van der Waals surface area contributed by atoms with Crippen molar-refractivity contribution in [2.24, 2.45) is 0 Å². The Bertz CT molecular complexity index is 3090. The highest BCUT2D eigenvalue weighted by molar-refractivity contribution is 7.46. The Labute approximate surface area is 735 Å². The molecule has 4 saturated heterocycles. The monoisotopic (exact) mass is 1840 g/mol. The molecule has 125 heavy (non-hydrogen) atoms. The molecular formula is C84H154N2O37P2. The van der Waals surface area contributed by atoms with Crippen LogP contribution in [-0.2, 0) is 89.6 Å². The minimum Gasteiger partial charge on any atom is -0.477 e. The zero-order chi connectivity index (χ0) is 92.7. The first-order valence-corrected chi connectivity index (χ1v) is 49.0. The van der Waals surface area contributed by atoms with Crippen LogP contribution in [0.3, 0.4) is 0 Å². The summed E-state index contributed by atoms with van der Waals surface area (Å²) in [7, 11) is -11.9. The molecule has 732 valence electrons. The van der Waals surface area contributed by atoms with Gasteiger partial charge < -0.3 is 144 Å². The number of hydrogen-bond donors (Lipinski definition) is 20. The molecule has 0 saturated carbocycles. The minimum absolute atomic E-state index is 0.00496. The third-order valence-electron chi connectivity index (χ3n) is 23.3. The lowest BCUT2D eigenvalue weighted by Crippen LogP contribution is -2.69. The number of rotatable bonds is 70. The maximum absolute atomic E-state index is 14.7. The Morgan fingerprint density at radius 1 is 0.408 bits per heavy atom. The highest BCUT2D eigenvalue weighted by Crippen LogP contribution is 2.46. The van der Waals surface area contributed by atoms with Gasteiger partial charge in [0, 0.05) is 12.8 Å². The molecule has 20 N–H and O–H groups in total. The smallest absolute Gasteiger partial charge is 0.472 e. The predicted octanol–water partition coefficient (Wildman–Crippen LogP) is 6.21. The minimum atomic E-state index is -6.10. The number of amides is 2. The number of carboxylic acid groups (broad SMARTS) is 2. The third kappa shape index (κ3) is 42.8. The molecule has 4 aliphatic heterocycles. The first kappa shape index (κ1) is 114. The molecule has 24 unspecified atom stereocenters. The van der Waals surface area contributed by atoms with E-state index in [9.17, 15) is 129 Å². The molecule has 0 aliphatic carbocycles. The number of phosphoric acid groups is 2. The van der Waals surface area contributed by atoms with E-state index in [1.54, 1.807) is 0 Å². The van der Waals surface area contributed by atoms with Crippen molar-refractivity contribution < 1.29 is 181 Å². The van der Waals surface area contributed by atoms with E-state index < -0.39 is 262 Å². The largest absolute Gasteiger partial charge is 0.477 e. The number of carbonyl (C=O) groups excluding carboxylic acids is 4. The van der Waals surface area contributed by atoms with Crippen LogP contribution >= 0.6 is 15.6 Å². The second kappa shape index (κ2) is 61.2. The van der Waals surface area contributed by atoms with Gasteiger partial charge >= 0.3 is 39.5 Å². The van der Waals surface area contributed by atoms with Gasteiger partial charge in [0.2, 0.25) is 11.8 Å². The molecule has 0 bridgehead atoms. The Morgan fingerprint density at radius 3 is 1.13 bits per heavy atom. The van der Waals surface area contributed by atoms with E-state index in [4.69, 9.17) is 51.7 Å². The van der Waals surface area contributed by atoms with Gasteiger partial charge in [-0.2, -0.15) is 0 Å². The molecule has 4 fully saturated rings. The van der Waals surface area contributed by atoms with Gasteiger partial charge in [0.1, 0.15) is 73.1 Å². The van der Waals surface area contributed by atoms with Crippen molar-refractivity contribution in [3.63, 3.8) is 0 Å². The molecule has 0 aromatic heterocycles. The molecule has 4 aliphatic rings. The second-order valence-electron chi connectivity index (χ2n) is 34.3. The Kier molecular flexibility index (Phi) is 55.6. The van der Waals surface area contributed by atoms with Crippen LogP contribution < -0.4 is 10.6 Å². The van der Waals surface area contributed by atoms with Crippen LogP contribution in [0.2, 0.25) is 0 Å². The van der Waals surface area contributed by atoms with Crippen LogP contribution in [0.15, 0.2) is 0 Å². The maximum Gasteiger partial charge on any atom is 0.472 e. The van der Waals surface area contributed by atoms with E-state index >= 15 is 0 Å². The SMILES string of the molecule is CCCCCCCCCCCC(O)CC(=O)NC1C(OP(=O)(O)O)OC(COC2OC(COC3(C(=O)O)CC(OC4(C(=O)O)CC(O)C(O)C(C(O)CO)O4)C(O)C(C(O)CO)O3)C(OP(=O)(O)O)C(OC(=O)CC(O)CCCCCCCCCCC)C2NC(=O)CC(O)CCCCCCCCCCC)C(O)C1OC(=O)CC(O)CCCCCCCCCCC. The van der Waals surface area contributed by atoms with E-state index in [0.717, 1.165) is 180 Å². The molecule has 4 heterocycles. The average molecular weight is 1850 g/mol. The summed E-state index contributed by atoms with van der Waals surface area (Å²) in [5, 5.41) is 161. The molecular weight excluding hydrogens is 1690 g/mol. The summed E-state index contributed by atoms with van der Waals surface area (Å²) in [6, 6.07) is -4.34. The third-order valence-corrected chi connectivity index (χ3v) is 24.3. The van der Waals surface area contributed by atoms with E-state index in [1.807, 2.05) is 0 Å². The lowest BCUT2D eigenvalue weighted by Gasteiger charge is -2.50. The summed E-state index contributed by atoms with van der Waals surface area (Å²) < 4.78 is 90.8. The topological polar surface area (TPSA) is 626 Å². The van der Waals surface area contributed by atoms with Gasteiger partial charge in [-0.1, -0.05) is 259 Å². The van der Waals surface area contributed by atoms with E-state index in [2.05, 4.69) is 38.3 Å². The number of ether oxygens (including phenoxy) is 9. The number of carbonyl (C=O) groups is 6. The van der Waals surface area contributed by atoms with Crippen molar-refractivity contribution in [2.45, 2.75) is 469 Å². The highest BCUT2D eigenvalue weighted by atomic mass is 31.2. The van der Waals surface area contributed by atoms with Crippen LogP contribution in [0, 0.1) is 0 Å². The van der Waals surface area contributed by atoms with E-state index in [-0.39, 0.29) is 25.7 Å². The van der Waals surface area contributed by atoms with Gasteiger partial charge in [-0.3, -0.25) is 28.2 Å². The van der Waals surface area contributed by atoms with Crippen LogP contribution in [0.1, 0.15) is 323 Å². The number of phosphoric ester groups is 2. The number of aliphatic hydroxyl groups is 12. The maximum atomic E-state index is 14.7. The van der Waals surface area contributed by atoms with E-state index in [0.29, 0.717) is 51.4 Å². The quantitative estimate of drug-likeness (QED) is 0.0183. The van der Waals surface area contributed by atoms with Crippen LogP contribution in [0.4, 0.5) is 0 Å².